The molecule has 5 nitrogen and oxygen atoms in total. The lowest BCUT2D eigenvalue weighted by molar-refractivity contribution is -0.137. The van der Waals surface area contributed by atoms with Gasteiger partial charge in [0.25, 0.3) is 5.91 Å². The normalized spacial score (nSPS) is 16.6. The van der Waals surface area contributed by atoms with Crippen LogP contribution >= 0.6 is 0 Å². The van der Waals surface area contributed by atoms with Gasteiger partial charge >= 0.3 is 5.97 Å². The van der Waals surface area contributed by atoms with Crippen LogP contribution in [0.2, 0.25) is 0 Å². The molecule has 0 N–H and O–H groups in total. The van der Waals surface area contributed by atoms with Crippen LogP contribution in [0.5, 0.6) is 5.75 Å². The third kappa shape index (κ3) is 6.33. The Hall–Kier alpha value is -2.82. The second-order valence-electron chi connectivity index (χ2n) is 9.27. The van der Waals surface area contributed by atoms with Gasteiger partial charge in [-0.3, -0.25) is 4.79 Å². The Kier molecular flexibility index (Phi) is 7.37. The van der Waals surface area contributed by atoms with Gasteiger partial charge in [0.15, 0.2) is 6.61 Å². The number of amides is 1. The number of rotatable bonds is 6. The molecular weight excluding hydrogens is 390 g/mol. The highest BCUT2D eigenvalue weighted by Gasteiger charge is 2.24. The average molecular weight is 424 g/mol. The maximum absolute atomic E-state index is 12.3. The molecule has 166 valence electrons. The first-order chi connectivity index (χ1) is 14.7. The molecule has 1 amide bonds. The molecule has 2 aromatic carbocycles. The summed E-state index contributed by atoms with van der Waals surface area (Å²) in [5.41, 5.74) is 2.75. The van der Waals surface area contributed by atoms with Crippen LogP contribution in [0.3, 0.4) is 0 Å². The third-order valence-corrected chi connectivity index (χ3v) is 5.77. The number of nitrogens with zero attached hydrogens (tertiary/aromatic N) is 1. The van der Waals surface area contributed by atoms with Gasteiger partial charge in [0.05, 0.1) is 5.56 Å². The molecule has 1 saturated heterocycles. The molecule has 0 unspecified atom stereocenters. The van der Waals surface area contributed by atoms with Gasteiger partial charge < -0.3 is 14.4 Å². The standard InChI is InChI=1S/C26H33NO4/c1-19-7-5-6-16-27(19)24(28)18-31-25(29)21-10-8-20(9-11-21)17-30-23-14-12-22(13-15-23)26(2,3)4/h8-15,19H,5-7,16-18H2,1-4H3/t19-/m1/s1. The highest BCUT2D eigenvalue weighted by molar-refractivity contribution is 5.91. The minimum atomic E-state index is -0.483. The van der Waals surface area contributed by atoms with E-state index in [2.05, 4.69) is 32.9 Å². The van der Waals surface area contributed by atoms with Crippen molar-refractivity contribution in [3.8, 4) is 5.75 Å². The van der Waals surface area contributed by atoms with Gasteiger partial charge in [0, 0.05) is 12.6 Å². The van der Waals surface area contributed by atoms with Crippen LogP contribution in [0.4, 0.5) is 0 Å². The monoisotopic (exact) mass is 423 g/mol. The number of benzene rings is 2. The van der Waals surface area contributed by atoms with Crippen LogP contribution in [0.1, 0.15) is 68.4 Å². The van der Waals surface area contributed by atoms with Gasteiger partial charge in [0.1, 0.15) is 12.4 Å². The van der Waals surface area contributed by atoms with Crippen molar-refractivity contribution in [3.05, 3.63) is 65.2 Å². The smallest absolute Gasteiger partial charge is 0.338 e. The fraction of sp³-hybridized carbons (Fsp3) is 0.462. The zero-order valence-corrected chi connectivity index (χ0v) is 19.0. The lowest BCUT2D eigenvalue weighted by atomic mass is 9.87. The molecule has 1 aliphatic heterocycles. The molecule has 1 aliphatic rings. The first kappa shape index (κ1) is 22.9. The average Bonchev–Trinajstić information content (AvgIpc) is 2.76. The predicted molar refractivity (Wildman–Crippen MR) is 121 cm³/mol. The molecule has 1 heterocycles. The van der Waals surface area contributed by atoms with Crippen molar-refractivity contribution in [1.29, 1.82) is 0 Å². The van der Waals surface area contributed by atoms with Crippen LogP contribution in [0, 0.1) is 0 Å². The van der Waals surface area contributed by atoms with Crippen LogP contribution < -0.4 is 4.74 Å². The SMILES string of the molecule is C[C@@H]1CCCCN1C(=O)COC(=O)c1ccc(COc2ccc(C(C)(C)C)cc2)cc1. The van der Waals surface area contributed by atoms with E-state index in [9.17, 15) is 9.59 Å². The Morgan fingerprint density at radius 3 is 2.29 bits per heavy atom. The number of ether oxygens (including phenoxy) is 2. The Labute approximate surface area is 185 Å². The molecule has 3 rings (SSSR count). The van der Waals surface area contributed by atoms with Crippen molar-refractivity contribution in [2.75, 3.05) is 13.2 Å². The lowest BCUT2D eigenvalue weighted by Crippen LogP contribution is -2.44. The minimum Gasteiger partial charge on any atom is -0.489 e. The van der Waals surface area contributed by atoms with Gasteiger partial charge in [0.2, 0.25) is 0 Å². The Morgan fingerprint density at radius 1 is 1.00 bits per heavy atom. The van der Waals surface area contributed by atoms with Gasteiger partial charge in [-0.05, 0) is 67.0 Å². The zero-order chi connectivity index (χ0) is 22.4. The largest absolute Gasteiger partial charge is 0.489 e. The topological polar surface area (TPSA) is 55.8 Å². The van der Waals surface area contributed by atoms with Crippen molar-refractivity contribution in [2.45, 2.75) is 65.0 Å². The van der Waals surface area contributed by atoms with E-state index in [0.717, 1.165) is 37.1 Å². The van der Waals surface area contributed by atoms with Crippen molar-refractivity contribution in [3.63, 3.8) is 0 Å². The molecule has 2 aromatic rings. The van der Waals surface area contributed by atoms with E-state index in [1.54, 1.807) is 12.1 Å². The molecule has 0 aliphatic carbocycles. The van der Waals surface area contributed by atoms with Gasteiger partial charge in [-0.25, -0.2) is 4.79 Å². The maximum Gasteiger partial charge on any atom is 0.338 e. The van der Waals surface area contributed by atoms with E-state index >= 15 is 0 Å². The quantitative estimate of drug-likeness (QED) is 0.605. The summed E-state index contributed by atoms with van der Waals surface area (Å²) in [6, 6.07) is 15.4. The van der Waals surface area contributed by atoms with Crippen molar-refractivity contribution in [1.82, 2.24) is 4.90 Å². The second-order valence-corrected chi connectivity index (χ2v) is 9.27. The van der Waals surface area contributed by atoms with E-state index in [1.807, 2.05) is 36.1 Å². The molecule has 1 atom stereocenters. The van der Waals surface area contributed by atoms with Crippen molar-refractivity contribution < 1.29 is 19.1 Å². The molecule has 31 heavy (non-hydrogen) atoms. The fourth-order valence-corrected chi connectivity index (χ4v) is 3.72. The highest BCUT2D eigenvalue weighted by atomic mass is 16.5. The van der Waals surface area contributed by atoms with Crippen molar-refractivity contribution in [2.24, 2.45) is 0 Å². The molecule has 0 aromatic heterocycles. The molecule has 0 spiro atoms. The van der Waals surface area contributed by atoms with Gasteiger partial charge in [-0.2, -0.15) is 0 Å². The second kappa shape index (κ2) is 9.99. The lowest BCUT2D eigenvalue weighted by Gasteiger charge is -2.33. The summed E-state index contributed by atoms with van der Waals surface area (Å²) in [5, 5.41) is 0. The predicted octanol–water partition coefficient (Wildman–Crippen LogP) is 5.12. The van der Waals surface area contributed by atoms with Gasteiger partial charge in [-0.15, -0.1) is 0 Å². The van der Waals surface area contributed by atoms with E-state index in [1.165, 1.54) is 5.56 Å². The molecule has 0 radical (unpaired) electrons. The third-order valence-electron chi connectivity index (χ3n) is 5.77. The first-order valence-corrected chi connectivity index (χ1v) is 11.0. The number of carbonyl (C=O) groups excluding carboxylic acids is 2. The van der Waals surface area contributed by atoms with Crippen LogP contribution in [0.25, 0.3) is 0 Å². The molecule has 1 fully saturated rings. The molecule has 0 saturated carbocycles. The maximum atomic E-state index is 12.3. The van der Waals surface area contributed by atoms with E-state index < -0.39 is 5.97 Å². The van der Waals surface area contributed by atoms with Crippen molar-refractivity contribution >= 4 is 11.9 Å². The van der Waals surface area contributed by atoms with E-state index in [-0.39, 0.29) is 24.0 Å². The van der Waals surface area contributed by atoms with E-state index in [0.29, 0.717) is 12.2 Å². The summed E-state index contributed by atoms with van der Waals surface area (Å²) < 4.78 is 11.1. The first-order valence-electron chi connectivity index (χ1n) is 11.0. The molecular formula is C26H33NO4. The fourth-order valence-electron chi connectivity index (χ4n) is 3.72. The minimum absolute atomic E-state index is 0.111. The van der Waals surface area contributed by atoms with Crippen LogP contribution in [0.15, 0.2) is 48.5 Å². The molecule has 5 heteroatoms. The summed E-state index contributed by atoms with van der Waals surface area (Å²) in [4.78, 5) is 26.4. The number of esters is 1. The Bertz CT molecular complexity index is 881. The number of hydrogen-bond acceptors (Lipinski definition) is 4. The zero-order valence-electron chi connectivity index (χ0n) is 19.0. The summed E-state index contributed by atoms with van der Waals surface area (Å²) in [5.74, 6) is 0.202. The number of piperidine rings is 1. The summed E-state index contributed by atoms with van der Waals surface area (Å²) in [6.07, 6.45) is 3.15. The van der Waals surface area contributed by atoms with E-state index in [4.69, 9.17) is 9.47 Å². The van der Waals surface area contributed by atoms with Crippen LogP contribution in [-0.2, 0) is 21.6 Å². The van der Waals surface area contributed by atoms with Gasteiger partial charge in [-0.1, -0.05) is 45.0 Å². The Morgan fingerprint density at radius 2 is 1.68 bits per heavy atom. The number of likely N-dealkylation sites (tertiary alicyclic amines) is 1. The summed E-state index contributed by atoms with van der Waals surface area (Å²) >= 11 is 0. The highest BCUT2D eigenvalue weighted by Crippen LogP contribution is 2.24. The Balaban J connectivity index is 1.48. The summed E-state index contributed by atoms with van der Waals surface area (Å²) in [7, 11) is 0. The number of hydrogen-bond donors (Lipinski definition) is 0. The molecule has 0 bridgehead atoms. The van der Waals surface area contributed by atoms with Crippen LogP contribution in [-0.4, -0.2) is 36.0 Å². The summed E-state index contributed by atoms with van der Waals surface area (Å²) in [6.45, 7) is 9.52. The number of carbonyl (C=O) groups is 2.